The minimum Gasteiger partial charge on any atom is -0.469 e. The molecule has 2 aromatic heterocycles. The average molecular weight is 455 g/mol. The predicted molar refractivity (Wildman–Crippen MR) is 126 cm³/mol. The van der Waals surface area contributed by atoms with Gasteiger partial charge in [-0.15, -0.1) is 0 Å². The molecule has 2 atom stereocenters. The highest BCUT2D eigenvalue weighted by Gasteiger charge is 2.21. The zero-order chi connectivity index (χ0) is 24.3. The van der Waals surface area contributed by atoms with Gasteiger partial charge in [0.15, 0.2) is 0 Å². The van der Waals surface area contributed by atoms with Crippen LogP contribution in [0.25, 0.3) is 22.7 Å². The Bertz CT molecular complexity index is 1170. The quantitative estimate of drug-likeness (QED) is 0.487. The summed E-state index contributed by atoms with van der Waals surface area (Å²) in [4.78, 5) is 11.4. The SMILES string of the molecule is COC(=O)CC(O)CC(O)/C=C/c1c(C(C)C)nn2c(C)cc(C)c2c1-c1ccc(F)cc1. The second-order valence-corrected chi connectivity index (χ2v) is 8.66. The number of benzene rings is 1. The van der Waals surface area contributed by atoms with E-state index < -0.39 is 18.2 Å². The summed E-state index contributed by atoms with van der Waals surface area (Å²) in [5, 5.41) is 25.4. The van der Waals surface area contributed by atoms with Crippen molar-refractivity contribution in [1.82, 2.24) is 9.61 Å². The molecule has 0 radical (unpaired) electrons. The summed E-state index contributed by atoms with van der Waals surface area (Å²) < 4.78 is 20.2. The van der Waals surface area contributed by atoms with Crippen molar-refractivity contribution in [1.29, 1.82) is 0 Å². The molecule has 0 aliphatic rings. The molecule has 176 valence electrons. The number of aromatic nitrogens is 2. The van der Waals surface area contributed by atoms with Crippen LogP contribution in [0, 0.1) is 19.7 Å². The van der Waals surface area contributed by atoms with Gasteiger partial charge in [-0.1, -0.05) is 38.1 Å². The lowest BCUT2D eigenvalue weighted by Crippen LogP contribution is -2.20. The second-order valence-electron chi connectivity index (χ2n) is 8.66. The first-order chi connectivity index (χ1) is 15.6. The molecular formula is C26H31FN2O4. The summed E-state index contributed by atoms with van der Waals surface area (Å²) in [6.45, 7) is 8.09. The standard InChI is InChI=1S/C26H31FN2O4/c1-15(2)25-22(11-10-20(30)13-21(31)14-23(32)33-5)24(18-6-8-19(27)9-7-18)26-16(3)12-17(4)29(26)28-25/h6-12,15,20-21,30-31H,13-14H2,1-5H3/b11-10+. The molecule has 0 aliphatic carbocycles. The summed E-state index contributed by atoms with van der Waals surface area (Å²) in [6, 6.07) is 8.40. The topological polar surface area (TPSA) is 84.1 Å². The third-order valence-electron chi connectivity index (χ3n) is 5.64. The summed E-state index contributed by atoms with van der Waals surface area (Å²) in [7, 11) is 1.25. The first-order valence-electron chi connectivity index (χ1n) is 11.0. The fourth-order valence-corrected chi connectivity index (χ4v) is 4.06. The number of ether oxygens (including phenoxy) is 1. The molecule has 0 bridgehead atoms. The van der Waals surface area contributed by atoms with Crippen LogP contribution in [-0.4, -0.2) is 45.1 Å². The number of aliphatic hydroxyl groups is 2. The monoisotopic (exact) mass is 454 g/mol. The Morgan fingerprint density at radius 2 is 1.88 bits per heavy atom. The lowest BCUT2D eigenvalue weighted by atomic mass is 9.92. The number of nitrogens with zero attached hydrogens (tertiary/aromatic N) is 2. The van der Waals surface area contributed by atoms with Crippen molar-refractivity contribution in [2.45, 2.75) is 58.7 Å². The predicted octanol–water partition coefficient (Wildman–Crippen LogP) is 4.57. The van der Waals surface area contributed by atoms with Gasteiger partial charge in [-0.2, -0.15) is 5.10 Å². The van der Waals surface area contributed by atoms with E-state index in [9.17, 15) is 19.4 Å². The van der Waals surface area contributed by atoms with Crippen LogP contribution in [0.2, 0.25) is 0 Å². The van der Waals surface area contributed by atoms with E-state index in [1.165, 1.54) is 19.2 Å². The molecule has 2 unspecified atom stereocenters. The number of carbonyl (C=O) groups is 1. The molecule has 0 saturated carbocycles. The van der Waals surface area contributed by atoms with Gasteiger partial charge in [0.1, 0.15) is 5.82 Å². The van der Waals surface area contributed by atoms with Crippen LogP contribution in [0.3, 0.4) is 0 Å². The Morgan fingerprint density at radius 1 is 1.21 bits per heavy atom. The number of carbonyl (C=O) groups excluding carboxylic acids is 1. The number of halogens is 1. The molecule has 2 heterocycles. The Kier molecular flexibility index (Phi) is 7.66. The van der Waals surface area contributed by atoms with E-state index in [4.69, 9.17) is 5.10 Å². The molecule has 0 fully saturated rings. The summed E-state index contributed by atoms with van der Waals surface area (Å²) >= 11 is 0. The van der Waals surface area contributed by atoms with Crippen molar-refractivity contribution in [3.05, 3.63) is 64.7 Å². The van der Waals surface area contributed by atoms with Gasteiger partial charge in [-0.05, 0) is 49.1 Å². The molecule has 2 N–H and O–H groups in total. The van der Waals surface area contributed by atoms with Gasteiger partial charge in [0, 0.05) is 23.2 Å². The van der Waals surface area contributed by atoms with Gasteiger partial charge in [0.25, 0.3) is 0 Å². The maximum Gasteiger partial charge on any atom is 0.308 e. The minimum atomic E-state index is -1.02. The largest absolute Gasteiger partial charge is 0.469 e. The van der Waals surface area contributed by atoms with Gasteiger partial charge in [-0.3, -0.25) is 4.79 Å². The normalized spacial score (nSPS) is 13.7. The summed E-state index contributed by atoms with van der Waals surface area (Å²) in [5.41, 5.74) is 6.35. The smallest absolute Gasteiger partial charge is 0.308 e. The Balaban J connectivity index is 2.13. The van der Waals surface area contributed by atoms with Crippen LogP contribution in [0.5, 0.6) is 0 Å². The zero-order valence-electron chi connectivity index (χ0n) is 19.7. The number of hydrogen-bond donors (Lipinski definition) is 2. The van der Waals surface area contributed by atoms with Crippen molar-refractivity contribution in [2.24, 2.45) is 0 Å². The van der Waals surface area contributed by atoms with E-state index in [1.807, 2.05) is 32.2 Å². The molecule has 0 saturated heterocycles. The number of fused-ring (bicyclic) bond motifs is 1. The highest BCUT2D eigenvalue weighted by molar-refractivity contribution is 5.90. The minimum absolute atomic E-state index is 0.00652. The summed E-state index contributed by atoms with van der Waals surface area (Å²) in [5.74, 6) is -0.770. The number of aliphatic hydroxyl groups excluding tert-OH is 2. The summed E-state index contributed by atoms with van der Waals surface area (Å²) in [6.07, 6.45) is 1.21. The van der Waals surface area contributed by atoms with E-state index in [0.717, 1.165) is 39.2 Å². The van der Waals surface area contributed by atoms with Crippen LogP contribution in [0.1, 0.15) is 55.1 Å². The third kappa shape index (κ3) is 5.49. The van der Waals surface area contributed by atoms with Crippen molar-refractivity contribution < 1.29 is 24.1 Å². The maximum absolute atomic E-state index is 13.7. The van der Waals surface area contributed by atoms with Crippen LogP contribution in [0.4, 0.5) is 4.39 Å². The van der Waals surface area contributed by atoms with E-state index >= 15 is 0 Å². The van der Waals surface area contributed by atoms with Crippen LogP contribution >= 0.6 is 0 Å². The number of methoxy groups -OCH3 is 1. The lowest BCUT2D eigenvalue weighted by molar-refractivity contribution is -0.143. The van der Waals surface area contributed by atoms with E-state index in [0.29, 0.717) is 0 Å². The molecule has 0 aliphatic heterocycles. The first kappa shape index (κ1) is 24.6. The lowest BCUT2D eigenvalue weighted by Gasteiger charge is -2.18. The fraction of sp³-hybridized carbons (Fsp3) is 0.385. The van der Waals surface area contributed by atoms with Gasteiger partial charge in [0.2, 0.25) is 0 Å². The molecule has 3 aromatic rings. The number of esters is 1. The van der Waals surface area contributed by atoms with Gasteiger partial charge >= 0.3 is 5.97 Å². The highest BCUT2D eigenvalue weighted by Crippen LogP contribution is 2.36. The molecule has 33 heavy (non-hydrogen) atoms. The number of hydrogen-bond acceptors (Lipinski definition) is 5. The maximum atomic E-state index is 13.7. The molecular weight excluding hydrogens is 423 g/mol. The first-order valence-corrected chi connectivity index (χ1v) is 11.0. The zero-order valence-corrected chi connectivity index (χ0v) is 19.7. The molecule has 6 nitrogen and oxygen atoms in total. The molecule has 1 aromatic carbocycles. The number of rotatable bonds is 8. The molecule has 0 spiro atoms. The van der Waals surface area contributed by atoms with Crippen molar-refractivity contribution in [3.63, 3.8) is 0 Å². The van der Waals surface area contributed by atoms with E-state index in [-0.39, 0.29) is 24.6 Å². The van der Waals surface area contributed by atoms with Gasteiger partial charge < -0.3 is 14.9 Å². The van der Waals surface area contributed by atoms with Crippen molar-refractivity contribution in [2.75, 3.05) is 7.11 Å². The second kappa shape index (κ2) is 10.3. The van der Waals surface area contributed by atoms with Crippen LogP contribution < -0.4 is 0 Å². The average Bonchev–Trinajstić information content (AvgIpc) is 3.04. The van der Waals surface area contributed by atoms with Gasteiger partial charge in [0.05, 0.1) is 36.9 Å². The molecule has 0 amide bonds. The molecule has 7 heteroatoms. The van der Waals surface area contributed by atoms with Crippen molar-refractivity contribution in [3.8, 4) is 11.1 Å². The molecule has 3 rings (SSSR count). The van der Waals surface area contributed by atoms with Crippen molar-refractivity contribution >= 4 is 17.6 Å². The van der Waals surface area contributed by atoms with Gasteiger partial charge in [-0.25, -0.2) is 8.91 Å². The van der Waals surface area contributed by atoms with E-state index in [1.54, 1.807) is 24.3 Å². The van der Waals surface area contributed by atoms with Crippen LogP contribution in [0.15, 0.2) is 36.4 Å². The Hall–Kier alpha value is -3.03. The number of aryl methyl sites for hydroxylation is 2. The Labute approximate surface area is 193 Å². The Morgan fingerprint density at radius 3 is 2.48 bits per heavy atom. The van der Waals surface area contributed by atoms with Crippen LogP contribution in [-0.2, 0) is 9.53 Å². The van der Waals surface area contributed by atoms with E-state index in [2.05, 4.69) is 10.8 Å². The highest BCUT2D eigenvalue weighted by atomic mass is 19.1. The fourth-order valence-electron chi connectivity index (χ4n) is 4.06. The third-order valence-corrected chi connectivity index (χ3v) is 5.64.